The molecule has 1 aromatic carbocycles. The minimum absolute atomic E-state index is 0.107. The van der Waals surface area contributed by atoms with Crippen LogP contribution in [0.1, 0.15) is 41.7 Å². The van der Waals surface area contributed by atoms with Crippen molar-refractivity contribution in [3.05, 3.63) is 60.1 Å². The molecule has 1 aromatic heterocycles. The minimum atomic E-state index is -0.524. The van der Waals surface area contributed by atoms with E-state index in [1.165, 1.54) is 12.3 Å². The number of furan rings is 1. The SMILES string of the molecule is CC(C)(C)NN(C(=O)c1ccccc1)C(=O)c1ccco1. The van der Waals surface area contributed by atoms with Gasteiger partial charge in [-0.05, 0) is 45.0 Å². The molecule has 0 fully saturated rings. The summed E-state index contributed by atoms with van der Waals surface area (Å²) in [5, 5.41) is 0.994. The topological polar surface area (TPSA) is 62.6 Å². The number of hydrazine groups is 1. The van der Waals surface area contributed by atoms with Crippen LogP contribution in [0.25, 0.3) is 0 Å². The molecule has 0 saturated heterocycles. The Balaban J connectivity index is 2.32. The molecule has 0 radical (unpaired) electrons. The van der Waals surface area contributed by atoms with Gasteiger partial charge in [-0.25, -0.2) is 10.4 Å². The lowest BCUT2D eigenvalue weighted by molar-refractivity contribution is 0.0432. The highest BCUT2D eigenvalue weighted by atomic mass is 16.3. The van der Waals surface area contributed by atoms with Gasteiger partial charge in [-0.15, -0.1) is 0 Å². The molecule has 0 unspecified atom stereocenters. The zero-order chi connectivity index (χ0) is 15.5. The summed E-state index contributed by atoms with van der Waals surface area (Å²) >= 11 is 0. The van der Waals surface area contributed by atoms with Gasteiger partial charge in [-0.3, -0.25) is 9.59 Å². The Hall–Kier alpha value is -2.40. The average Bonchev–Trinajstić information content (AvgIpc) is 2.97. The number of rotatable bonds is 3. The number of carbonyl (C=O) groups excluding carboxylic acids is 2. The first-order chi connectivity index (χ1) is 9.88. The van der Waals surface area contributed by atoms with Crippen LogP contribution >= 0.6 is 0 Å². The van der Waals surface area contributed by atoms with Crippen LogP contribution in [0.2, 0.25) is 0 Å². The summed E-state index contributed by atoms with van der Waals surface area (Å²) in [6.07, 6.45) is 1.40. The van der Waals surface area contributed by atoms with Crippen molar-refractivity contribution < 1.29 is 14.0 Å². The molecule has 2 aromatic rings. The smallest absolute Gasteiger partial charge is 0.311 e. The van der Waals surface area contributed by atoms with Gasteiger partial charge in [0.25, 0.3) is 5.91 Å². The number of imide groups is 1. The first kappa shape index (κ1) is 15.0. The van der Waals surface area contributed by atoms with Gasteiger partial charge in [0, 0.05) is 11.1 Å². The minimum Gasteiger partial charge on any atom is -0.459 e. The van der Waals surface area contributed by atoms with E-state index in [-0.39, 0.29) is 5.76 Å². The van der Waals surface area contributed by atoms with Crippen molar-refractivity contribution in [1.82, 2.24) is 10.4 Å². The van der Waals surface area contributed by atoms with Crippen LogP contribution in [0.4, 0.5) is 0 Å². The molecule has 1 heterocycles. The molecular formula is C16H18N2O3. The first-order valence-electron chi connectivity index (χ1n) is 6.63. The summed E-state index contributed by atoms with van der Waals surface area (Å²) in [7, 11) is 0. The summed E-state index contributed by atoms with van der Waals surface area (Å²) < 4.78 is 5.09. The van der Waals surface area contributed by atoms with Crippen molar-refractivity contribution in [1.29, 1.82) is 0 Å². The second-order valence-electron chi connectivity index (χ2n) is 5.65. The molecule has 2 rings (SSSR count). The van der Waals surface area contributed by atoms with Crippen molar-refractivity contribution in [2.45, 2.75) is 26.3 Å². The third kappa shape index (κ3) is 3.79. The van der Waals surface area contributed by atoms with Crippen LogP contribution in [-0.4, -0.2) is 22.4 Å². The Labute approximate surface area is 123 Å². The molecule has 5 nitrogen and oxygen atoms in total. The molecule has 5 heteroatoms. The highest BCUT2D eigenvalue weighted by Crippen LogP contribution is 2.12. The van der Waals surface area contributed by atoms with Crippen LogP contribution in [0.5, 0.6) is 0 Å². The number of hydrogen-bond acceptors (Lipinski definition) is 4. The predicted molar refractivity (Wildman–Crippen MR) is 78.5 cm³/mol. The van der Waals surface area contributed by atoms with Gasteiger partial charge in [0.2, 0.25) is 0 Å². The molecule has 0 aliphatic carbocycles. The molecule has 0 aliphatic rings. The fraction of sp³-hybridized carbons (Fsp3) is 0.250. The van der Waals surface area contributed by atoms with Crippen molar-refractivity contribution >= 4 is 11.8 Å². The monoisotopic (exact) mass is 286 g/mol. The molecule has 0 atom stereocenters. The molecule has 21 heavy (non-hydrogen) atoms. The van der Waals surface area contributed by atoms with Crippen LogP contribution in [0.3, 0.4) is 0 Å². The van der Waals surface area contributed by atoms with Crippen molar-refractivity contribution in [3.8, 4) is 0 Å². The van der Waals surface area contributed by atoms with E-state index in [0.29, 0.717) is 5.56 Å². The second-order valence-corrected chi connectivity index (χ2v) is 5.65. The summed E-state index contributed by atoms with van der Waals surface area (Å²) in [4.78, 5) is 25.0. The zero-order valence-corrected chi connectivity index (χ0v) is 12.3. The highest BCUT2D eigenvalue weighted by Gasteiger charge is 2.29. The van der Waals surface area contributed by atoms with Gasteiger partial charge in [0.1, 0.15) is 0 Å². The number of carbonyl (C=O) groups is 2. The number of nitrogens with one attached hydrogen (secondary N) is 1. The molecule has 0 bridgehead atoms. The van der Waals surface area contributed by atoms with Gasteiger partial charge in [0.05, 0.1) is 6.26 Å². The molecule has 0 saturated carbocycles. The molecule has 110 valence electrons. The van der Waals surface area contributed by atoms with Gasteiger partial charge in [-0.1, -0.05) is 18.2 Å². The third-order valence-corrected chi connectivity index (χ3v) is 2.61. The molecular weight excluding hydrogens is 268 g/mol. The molecule has 0 aliphatic heterocycles. The van der Waals surface area contributed by atoms with Crippen molar-refractivity contribution in [2.75, 3.05) is 0 Å². The maximum Gasteiger partial charge on any atom is 0.311 e. The standard InChI is InChI=1S/C16H18N2O3/c1-16(2,3)17-18(15(20)13-10-7-11-21-13)14(19)12-8-5-4-6-9-12/h4-11,17H,1-3H3. The fourth-order valence-corrected chi connectivity index (χ4v) is 1.75. The molecule has 0 spiro atoms. The van der Waals surface area contributed by atoms with Gasteiger partial charge in [-0.2, -0.15) is 0 Å². The van der Waals surface area contributed by atoms with E-state index in [0.717, 1.165) is 5.01 Å². The van der Waals surface area contributed by atoms with Crippen LogP contribution in [0.15, 0.2) is 53.1 Å². The lowest BCUT2D eigenvalue weighted by Gasteiger charge is -2.29. The Kier molecular flexibility index (Phi) is 4.23. The Morgan fingerprint density at radius 1 is 1.00 bits per heavy atom. The highest BCUT2D eigenvalue weighted by molar-refractivity contribution is 6.08. The summed E-state index contributed by atoms with van der Waals surface area (Å²) in [6, 6.07) is 11.8. The van der Waals surface area contributed by atoms with Gasteiger partial charge >= 0.3 is 5.91 Å². The van der Waals surface area contributed by atoms with E-state index in [1.807, 2.05) is 26.8 Å². The quantitative estimate of drug-likeness (QED) is 0.696. The van der Waals surface area contributed by atoms with E-state index >= 15 is 0 Å². The van der Waals surface area contributed by atoms with E-state index in [2.05, 4.69) is 5.43 Å². The van der Waals surface area contributed by atoms with Gasteiger partial charge in [0.15, 0.2) is 5.76 Å². The number of nitrogens with zero attached hydrogens (tertiary/aromatic N) is 1. The van der Waals surface area contributed by atoms with E-state index in [4.69, 9.17) is 4.42 Å². The third-order valence-electron chi connectivity index (χ3n) is 2.61. The van der Waals surface area contributed by atoms with Crippen molar-refractivity contribution in [3.63, 3.8) is 0 Å². The normalized spacial score (nSPS) is 11.2. The zero-order valence-electron chi connectivity index (χ0n) is 12.3. The van der Waals surface area contributed by atoms with Crippen LogP contribution in [-0.2, 0) is 0 Å². The fourth-order valence-electron chi connectivity index (χ4n) is 1.75. The summed E-state index contributed by atoms with van der Waals surface area (Å²) in [5.41, 5.74) is 2.89. The Morgan fingerprint density at radius 2 is 1.67 bits per heavy atom. The summed E-state index contributed by atoms with van der Waals surface area (Å²) in [5.74, 6) is -0.841. The number of amides is 2. The summed E-state index contributed by atoms with van der Waals surface area (Å²) in [6.45, 7) is 5.61. The molecule has 1 N–H and O–H groups in total. The largest absolute Gasteiger partial charge is 0.459 e. The van der Waals surface area contributed by atoms with Crippen LogP contribution < -0.4 is 5.43 Å². The second kappa shape index (κ2) is 5.93. The lowest BCUT2D eigenvalue weighted by atomic mass is 10.1. The average molecular weight is 286 g/mol. The maximum atomic E-state index is 12.6. The Morgan fingerprint density at radius 3 is 2.19 bits per heavy atom. The van der Waals surface area contributed by atoms with Crippen LogP contribution in [0, 0.1) is 0 Å². The molecule has 2 amide bonds. The number of hydrogen-bond donors (Lipinski definition) is 1. The van der Waals surface area contributed by atoms with Crippen molar-refractivity contribution in [2.24, 2.45) is 0 Å². The lowest BCUT2D eigenvalue weighted by Crippen LogP contribution is -2.54. The van der Waals surface area contributed by atoms with E-state index in [1.54, 1.807) is 30.3 Å². The number of benzene rings is 1. The van der Waals surface area contributed by atoms with E-state index in [9.17, 15) is 9.59 Å². The first-order valence-corrected chi connectivity index (χ1v) is 6.63. The predicted octanol–water partition coefficient (Wildman–Crippen LogP) is 2.87. The van der Waals surface area contributed by atoms with E-state index < -0.39 is 17.4 Å². The maximum absolute atomic E-state index is 12.6. The Bertz CT molecular complexity index is 613. The van der Waals surface area contributed by atoms with Gasteiger partial charge < -0.3 is 4.42 Å².